The standard InChI is InChI=1S/C25H26N4O2/c1-16-15-29(11-10-23(16)31-20-5-3-4-18(12-20)17-6-7-17)22-13-24(30)28(2)21-9-8-19(14-26)27-25(21)22/h3-5,8-9,12-13,16-17,23H,6-7,10-11,15H2,1-2H3. The van der Waals surface area contributed by atoms with E-state index in [1.807, 2.05) is 6.07 Å². The summed E-state index contributed by atoms with van der Waals surface area (Å²) in [4.78, 5) is 19.3. The number of anilines is 1. The zero-order valence-electron chi connectivity index (χ0n) is 17.9. The molecular formula is C25H26N4O2. The number of fused-ring (bicyclic) bond motifs is 1. The predicted octanol–water partition coefficient (Wildman–Crippen LogP) is 3.98. The molecule has 5 rings (SSSR count). The summed E-state index contributed by atoms with van der Waals surface area (Å²) in [6.07, 6.45) is 3.56. The Hall–Kier alpha value is -3.33. The van der Waals surface area contributed by atoms with Gasteiger partial charge in [-0.3, -0.25) is 4.79 Å². The van der Waals surface area contributed by atoms with Crippen molar-refractivity contribution < 1.29 is 4.74 Å². The van der Waals surface area contributed by atoms with Gasteiger partial charge in [-0.1, -0.05) is 19.1 Å². The van der Waals surface area contributed by atoms with Crippen LogP contribution in [0.15, 0.2) is 47.3 Å². The number of aromatic nitrogens is 2. The normalized spacial score (nSPS) is 21.1. The smallest absolute Gasteiger partial charge is 0.252 e. The van der Waals surface area contributed by atoms with Crippen molar-refractivity contribution in [2.75, 3.05) is 18.0 Å². The van der Waals surface area contributed by atoms with Crippen molar-refractivity contribution in [3.63, 3.8) is 0 Å². The van der Waals surface area contributed by atoms with Crippen molar-refractivity contribution in [3.05, 3.63) is 64.1 Å². The number of piperidine rings is 1. The van der Waals surface area contributed by atoms with Gasteiger partial charge in [0.15, 0.2) is 0 Å². The van der Waals surface area contributed by atoms with Gasteiger partial charge in [0.2, 0.25) is 0 Å². The van der Waals surface area contributed by atoms with Crippen LogP contribution >= 0.6 is 0 Å². The van der Waals surface area contributed by atoms with E-state index in [2.05, 4.69) is 41.1 Å². The molecule has 0 N–H and O–H groups in total. The summed E-state index contributed by atoms with van der Waals surface area (Å²) in [7, 11) is 1.74. The van der Waals surface area contributed by atoms with Gasteiger partial charge < -0.3 is 14.2 Å². The van der Waals surface area contributed by atoms with Crippen molar-refractivity contribution in [2.24, 2.45) is 13.0 Å². The molecule has 0 bridgehead atoms. The molecule has 6 heteroatoms. The van der Waals surface area contributed by atoms with E-state index < -0.39 is 0 Å². The molecular weight excluding hydrogens is 388 g/mol. The van der Waals surface area contributed by atoms with E-state index in [-0.39, 0.29) is 17.6 Å². The van der Waals surface area contributed by atoms with Gasteiger partial charge in [-0.25, -0.2) is 4.98 Å². The van der Waals surface area contributed by atoms with Crippen LogP contribution in [0.4, 0.5) is 5.69 Å². The molecule has 3 heterocycles. The molecule has 6 nitrogen and oxygen atoms in total. The minimum absolute atomic E-state index is 0.0723. The van der Waals surface area contributed by atoms with Crippen LogP contribution in [0.5, 0.6) is 5.75 Å². The van der Waals surface area contributed by atoms with Gasteiger partial charge in [0.05, 0.1) is 11.2 Å². The van der Waals surface area contributed by atoms with Gasteiger partial charge >= 0.3 is 0 Å². The van der Waals surface area contributed by atoms with Gasteiger partial charge in [0.25, 0.3) is 5.56 Å². The molecule has 0 spiro atoms. The van der Waals surface area contributed by atoms with Gasteiger partial charge in [-0.05, 0) is 48.6 Å². The summed E-state index contributed by atoms with van der Waals surface area (Å²) < 4.78 is 7.97. The average molecular weight is 415 g/mol. The van der Waals surface area contributed by atoms with Crippen molar-refractivity contribution >= 4 is 16.7 Å². The summed E-state index contributed by atoms with van der Waals surface area (Å²) in [5.41, 5.74) is 3.91. The highest BCUT2D eigenvalue weighted by atomic mass is 16.5. The van der Waals surface area contributed by atoms with E-state index in [0.29, 0.717) is 17.1 Å². The summed E-state index contributed by atoms with van der Waals surface area (Å²) in [6, 6.07) is 15.7. The summed E-state index contributed by atoms with van der Waals surface area (Å²) >= 11 is 0. The highest BCUT2D eigenvalue weighted by Crippen LogP contribution is 2.41. The van der Waals surface area contributed by atoms with Gasteiger partial charge in [0, 0.05) is 38.5 Å². The number of aryl methyl sites for hydroxylation is 1. The Kier molecular flexibility index (Phi) is 4.90. The zero-order valence-corrected chi connectivity index (χ0v) is 17.9. The monoisotopic (exact) mass is 414 g/mol. The molecule has 0 radical (unpaired) electrons. The van der Waals surface area contributed by atoms with E-state index in [9.17, 15) is 10.1 Å². The van der Waals surface area contributed by atoms with Crippen LogP contribution in [-0.2, 0) is 7.05 Å². The van der Waals surface area contributed by atoms with Crippen LogP contribution in [0.25, 0.3) is 11.0 Å². The molecule has 1 saturated heterocycles. The molecule has 3 aromatic rings. The lowest BCUT2D eigenvalue weighted by Gasteiger charge is -2.38. The second-order valence-electron chi connectivity index (χ2n) is 8.82. The number of rotatable bonds is 4. The van der Waals surface area contributed by atoms with Crippen molar-refractivity contribution in [2.45, 2.75) is 38.2 Å². The summed E-state index contributed by atoms with van der Waals surface area (Å²) in [5.74, 6) is 1.95. The second kappa shape index (κ2) is 7.73. The molecule has 2 atom stereocenters. The number of nitrogens with zero attached hydrogens (tertiary/aromatic N) is 4. The first-order valence-corrected chi connectivity index (χ1v) is 11.0. The van der Waals surface area contributed by atoms with Crippen molar-refractivity contribution in [1.29, 1.82) is 5.26 Å². The fraction of sp³-hybridized carbons (Fsp3) is 0.400. The molecule has 2 fully saturated rings. The van der Waals surface area contributed by atoms with E-state index in [0.717, 1.165) is 36.5 Å². The third kappa shape index (κ3) is 3.76. The fourth-order valence-electron chi connectivity index (χ4n) is 4.57. The number of ether oxygens (including phenoxy) is 1. The minimum Gasteiger partial charge on any atom is -0.490 e. The Labute approximate surface area is 181 Å². The maximum absolute atomic E-state index is 12.5. The molecule has 1 aromatic carbocycles. The molecule has 1 aliphatic heterocycles. The third-order valence-electron chi connectivity index (χ3n) is 6.54. The second-order valence-corrected chi connectivity index (χ2v) is 8.82. The number of nitriles is 1. The summed E-state index contributed by atoms with van der Waals surface area (Å²) in [5, 5.41) is 9.29. The largest absolute Gasteiger partial charge is 0.490 e. The molecule has 31 heavy (non-hydrogen) atoms. The molecule has 2 aromatic heterocycles. The Balaban J connectivity index is 1.39. The molecule has 1 saturated carbocycles. The maximum atomic E-state index is 12.5. The molecule has 1 aliphatic carbocycles. The first-order chi connectivity index (χ1) is 15.0. The van der Waals surface area contributed by atoms with E-state index in [1.165, 1.54) is 18.4 Å². The Morgan fingerprint density at radius 1 is 1.16 bits per heavy atom. The van der Waals surface area contributed by atoms with Crippen LogP contribution in [0, 0.1) is 17.2 Å². The molecule has 2 aliphatic rings. The lowest BCUT2D eigenvalue weighted by molar-refractivity contribution is 0.121. The minimum atomic E-state index is -0.0723. The van der Waals surface area contributed by atoms with Gasteiger partial charge in [-0.2, -0.15) is 5.26 Å². The van der Waals surface area contributed by atoms with E-state index >= 15 is 0 Å². The van der Waals surface area contributed by atoms with Gasteiger partial charge in [0.1, 0.15) is 29.1 Å². The van der Waals surface area contributed by atoms with Gasteiger partial charge in [-0.15, -0.1) is 0 Å². The Bertz CT molecular complexity index is 1240. The molecule has 158 valence electrons. The van der Waals surface area contributed by atoms with Crippen LogP contribution < -0.4 is 15.2 Å². The van der Waals surface area contributed by atoms with E-state index in [1.54, 1.807) is 29.8 Å². The highest BCUT2D eigenvalue weighted by Gasteiger charge is 2.30. The number of hydrogen-bond donors (Lipinski definition) is 0. The van der Waals surface area contributed by atoms with E-state index in [4.69, 9.17) is 4.74 Å². The topological polar surface area (TPSA) is 71.2 Å². The quantitative estimate of drug-likeness (QED) is 0.646. The number of pyridine rings is 2. The van der Waals surface area contributed by atoms with Crippen LogP contribution in [0.2, 0.25) is 0 Å². The average Bonchev–Trinajstić information content (AvgIpc) is 3.63. The molecule has 0 amide bonds. The Morgan fingerprint density at radius 2 is 2.00 bits per heavy atom. The van der Waals surface area contributed by atoms with Crippen LogP contribution in [0.1, 0.15) is 43.4 Å². The number of benzene rings is 1. The summed E-state index contributed by atoms with van der Waals surface area (Å²) in [6.45, 7) is 3.74. The number of hydrogen-bond acceptors (Lipinski definition) is 5. The first-order valence-electron chi connectivity index (χ1n) is 11.0. The van der Waals surface area contributed by atoms with Crippen LogP contribution in [0.3, 0.4) is 0 Å². The predicted molar refractivity (Wildman–Crippen MR) is 121 cm³/mol. The van der Waals surface area contributed by atoms with Crippen molar-refractivity contribution in [3.8, 4) is 11.8 Å². The maximum Gasteiger partial charge on any atom is 0.252 e. The Morgan fingerprint density at radius 3 is 2.74 bits per heavy atom. The zero-order chi connectivity index (χ0) is 21.5. The lowest BCUT2D eigenvalue weighted by Crippen LogP contribution is -2.45. The van der Waals surface area contributed by atoms with Crippen molar-refractivity contribution in [1.82, 2.24) is 9.55 Å². The van der Waals surface area contributed by atoms with Crippen LogP contribution in [-0.4, -0.2) is 28.7 Å². The highest BCUT2D eigenvalue weighted by molar-refractivity contribution is 5.88. The fourth-order valence-corrected chi connectivity index (χ4v) is 4.57. The SMILES string of the molecule is CC1CN(c2cc(=O)n(C)c3ccc(C#N)nc23)CCC1Oc1cccc(C2CC2)c1. The third-order valence-corrected chi connectivity index (χ3v) is 6.54. The lowest BCUT2D eigenvalue weighted by atomic mass is 9.95. The molecule has 2 unspecified atom stereocenters. The first kappa shape index (κ1) is 19.6.